The van der Waals surface area contributed by atoms with E-state index in [1.165, 1.54) is 0 Å². The van der Waals surface area contributed by atoms with Gasteiger partial charge in [0.2, 0.25) is 0 Å². The van der Waals surface area contributed by atoms with Crippen molar-refractivity contribution in [2.75, 3.05) is 5.73 Å². The van der Waals surface area contributed by atoms with Gasteiger partial charge in [0.15, 0.2) is 0 Å². The summed E-state index contributed by atoms with van der Waals surface area (Å²) in [5.41, 5.74) is 10.7. The topological polar surface area (TPSA) is 76.7 Å². The van der Waals surface area contributed by atoms with Crippen molar-refractivity contribution in [3.8, 4) is 5.75 Å². The van der Waals surface area contributed by atoms with Crippen LogP contribution in [-0.4, -0.2) is 12.1 Å². The lowest BCUT2D eigenvalue weighted by molar-refractivity contribution is 0.0956. The van der Waals surface area contributed by atoms with Gasteiger partial charge in [-0.3, -0.25) is 4.79 Å². The van der Waals surface area contributed by atoms with E-state index in [1.807, 2.05) is 18.2 Å². The molecule has 0 spiro atoms. The maximum Gasteiger partial charge on any atom is 0.273 e. The van der Waals surface area contributed by atoms with Crippen LogP contribution < -0.4 is 15.9 Å². The first-order valence-corrected chi connectivity index (χ1v) is 11.5. The zero-order chi connectivity index (χ0) is 21.7. The van der Waals surface area contributed by atoms with Gasteiger partial charge in [-0.15, -0.1) is 0 Å². The molecule has 0 aliphatic carbocycles. The Balaban J connectivity index is 1.67. The molecule has 0 bridgehead atoms. The molecule has 0 aromatic heterocycles. The van der Waals surface area contributed by atoms with Crippen molar-refractivity contribution >= 4 is 86.2 Å². The van der Waals surface area contributed by atoms with Crippen molar-refractivity contribution in [3.05, 3.63) is 88.5 Å². The number of hydrogen-bond donors (Lipinski definition) is 2. The van der Waals surface area contributed by atoms with Gasteiger partial charge in [0, 0.05) is 21.3 Å². The van der Waals surface area contributed by atoms with Crippen molar-refractivity contribution in [1.29, 1.82) is 0 Å². The number of rotatable bonds is 6. The molecule has 0 saturated carbocycles. The van der Waals surface area contributed by atoms with Crippen molar-refractivity contribution in [2.45, 2.75) is 6.61 Å². The van der Waals surface area contributed by atoms with E-state index in [9.17, 15) is 4.79 Å². The van der Waals surface area contributed by atoms with Crippen LogP contribution in [-0.2, 0) is 6.61 Å². The number of nitrogens with zero attached hydrogens (tertiary/aromatic N) is 1. The van der Waals surface area contributed by atoms with Gasteiger partial charge in [-0.05, 0) is 87.1 Å². The third kappa shape index (κ3) is 5.99. The fraction of sp³-hybridized carbons (Fsp3) is 0.0476. The lowest BCUT2D eigenvalue weighted by atomic mass is 10.2. The van der Waals surface area contributed by atoms with Crippen molar-refractivity contribution < 1.29 is 9.53 Å². The third-order valence-electron chi connectivity index (χ3n) is 3.99. The number of benzene rings is 3. The Morgan fingerprint density at radius 1 is 1.10 bits per heavy atom. The second kappa shape index (κ2) is 10.7. The molecule has 0 aliphatic heterocycles. The van der Waals surface area contributed by atoms with Crippen LogP contribution in [0.5, 0.6) is 5.75 Å². The summed E-state index contributed by atoms with van der Waals surface area (Å²) in [7, 11) is 0. The number of para-hydroxylation sites is 1. The van der Waals surface area contributed by atoms with Crippen LogP contribution in [0.2, 0.25) is 10.0 Å². The first kappa shape index (κ1) is 23.1. The molecular weight excluding hydrogens is 651 g/mol. The summed E-state index contributed by atoms with van der Waals surface area (Å²) in [5.74, 6) is 0.383. The van der Waals surface area contributed by atoms with Gasteiger partial charge in [0.25, 0.3) is 5.91 Å². The monoisotopic (exact) mass is 665 g/mol. The first-order valence-electron chi connectivity index (χ1n) is 8.59. The lowest BCUT2D eigenvalue weighted by Crippen LogP contribution is -2.19. The predicted octanol–water partition coefficient (Wildman–Crippen LogP) is 6.13. The van der Waals surface area contributed by atoms with Gasteiger partial charge >= 0.3 is 0 Å². The summed E-state index contributed by atoms with van der Waals surface area (Å²) < 4.78 is 7.79. The number of amides is 1. The Labute approximate surface area is 211 Å². The van der Waals surface area contributed by atoms with E-state index in [-0.39, 0.29) is 5.91 Å². The number of anilines is 1. The minimum Gasteiger partial charge on any atom is -0.487 e. The second-order valence-corrected chi connectivity index (χ2v) is 9.29. The SMILES string of the molecule is Nc1ccccc1C(=O)N/N=C\c1cc(I)c(OCc2ccc(Cl)cc2Cl)c(I)c1. The minimum absolute atomic E-state index is 0.323. The van der Waals surface area contributed by atoms with E-state index in [0.29, 0.717) is 27.9 Å². The summed E-state index contributed by atoms with van der Waals surface area (Å²) in [6.45, 7) is 0.323. The number of halogens is 4. The maximum atomic E-state index is 12.2. The molecule has 1 amide bonds. The van der Waals surface area contributed by atoms with E-state index in [4.69, 9.17) is 33.7 Å². The molecule has 3 aromatic carbocycles. The summed E-state index contributed by atoms with van der Waals surface area (Å²) in [6.07, 6.45) is 1.57. The largest absolute Gasteiger partial charge is 0.487 e. The fourth-order valence-electron chi connectivity index (χ4n) is 2.51. The Hall–Kier alpha value is -1.56. The highest BCUT2D eigenvalue weighted by Gasteiger charge is 2.11. The summed E-state index contributed by atoms with van der Waals surface area (Å²) in [4.78, 5) is 12.2. The fourth-order valence-corrected chi connectivity index (χ4v) is 5.10. The van der Waals surface area contributed by atoms with Crippen LogP contribution in [0.3, 0.4) is 0 Å². The number of hydrogen-bond acceptors (Lipinski definition) is 4. The molecule has 30 heavy (non-hydrogen) atoms. The van der Waals surface area contributed by atoms with Gasteiger partial charge in [-0.25, -0.2) is 5.43 Å². The minimum atomic E-state index is -0.367. The summed E-state index contributed by atoms with van der Waals surface area (Å²) in [5, 5.41) is 5.17. The quantitative estimate of drug-likeness (QED) is 0.144. The number of nitrogen functional groups attached to an aromatic ring is 1. The van der Waals surface area contributed by atoms with E-state index in [1.54, 1.807) is 42.6 Å². The Kier molecular flexibility index (Phi) is 8.20. The molecule has 0 heterocycles. The smallest absolute Gasteiger partial charge is 0.273 e. The maximum absolute atomic E-state index is 12.2. The number of carbonyl (C=O) groups is 1. The molecular formula is C21H15Cl2I2N3O2. The molecule has 5 nitrogen and oxygen atoms in total. The zero-order valence-electron chi connectivity index (χ0n) is 15.3. The number of hydrazone groups is 1. The molecule has 0 saturated heterocycles. The molecule has 9 heteroatoms. The van der Waals surface area contributed by atoms with E-state index in [0.717, 1.165) is 24.0 Å². The predicted molar refractivity (Wildman–Crippen MR) is 139 cm³/mol. The zero-order valence-corrected chi connectivity index (χ0v) is 21.2. The molecule has 0 unspecified atom stereocenters. The molecule has 3 aromatic rings. The number of carbonyl (C=O) groups excluding carboxylic acids is 1. The average Bonchev–Trinajstić information content (AvgIpc) is 2.69. The van der Waals surface area contributed by atoms with Crippen LogP contribution in [0.1, 0.15) is 21.5 Å². The number of nitrogens with two attached hydrogens (primary N) is 1. The van der Waals surface area contributed by atoms with Gasteiger partial charge in [-0.1, -0.05) is 41.4 Å². The molecule has 0 atom stereocenters. The van der Waals surface area contributed by atoms with Gasteiger partial charge in [0.05, 0.1) is 18.9 Å². The molecule has 0 aliphatic rings. The van der Waals surface area contributed by atoms with Gasteiger partial charge < -0.3 is 10.5 Å². The van der Waals surface area contributed by atoms with E-state index >= 15 is 0 Å². The van der Waals surface area contributed by atoms with Crippen molar-refractivity contribution in [1.82, 2.24) is 5.43 Å². The highest BCUT2D eigenvalue weighted by atomic mass is 127. The average molecular weight is 666 g/mol. The number of ether oxygens (including phenoxy) is 1. The van der Waals surface area contributed by atoms with Gasteiger partial charge in [0.1, 0.15) is 12.4 Å². The van der Waals surface area contributed by atoms with E-state index in [2.05, 4.69) is 55.7 Å². The van der Waals surface area contributed by atoms with Crippen LogP contribution in [0.25, 0.3) is 0 Å². The molecule has 3 rings (SSSR count). The lowest BCUT2D eigenvalue weighted by Gasteiger charge is -2.12. The summed E-state index contributed by atoms with van der Waals surface area (Å²) in [6, 6.07) is 16.0. The van der Waals surface area contributed by atoms with Crippen molar-refractivity contribution in [2.24, 2.45) is 5.10 Å². The van der Waals surface area contributed by atoms with Crippen LogP contribution >= 0.6 is 68.4 Å². The van der Waals surface area contributed by atoms with Crippen LogP contribution in [0, 0.1) is 7.14 Å². The molecule has 0 fully saturated rings. The van der Waals surface area contributed by atoms with Crippen LogP contribution in [0.4, 0.5) is 5.69 Å². The molecule has 3 N–H and O–H groups in total. The summed E-state index contributed by atoms with van der Waals surface area (Å²) >= 11 is 16.5. The highest BCUT2D eigenvalue weighted by molar-refractivity contribution is 14.1. The third-order valence-corrected chi connectivity index (χ3v) is 6.18. The Morgan fingerprint density at radius 2 is 1.80 bits per heavy atom. The standard InChI is InChI=1S/C21H15Cl2I2N3O2/c22-14-6-5-13(16(23)9-14)11-30-20-17(24)7-12(8-18(20)25)10-27-28-21(29)15-3-1-2-4-19(15)26/h1-10H,11,26H2,(H,28,29)/b27-10-. The Bertz CT molecular complexity index is 1100. The first-order chi connectivity index (χ1) is 14.3. The second-order valence-electron chi connectivity index (χ2n) is 6.12. The van der Waals surface area contributed by atoms with E-state index < -0.39 is 0 Å². The Morgan fingerprint density at radius 3 is 2.47 bits per heavy atom. The highest BCUT2D eigenvalue weighted by Crippen LogP contribution is 2.30. The molecule has 0 radical (unpaired) electrons. The number of nitrogens with one attached hydrogen (secondary N) is 1. The van der Waals surface area contributed by atoms with Gasteiger partial charge in [-0.2, -0.15) is 5.10 Å². The normalized spacial score (nSPS) is 10.9. The molecule has 154 valence electrons. The van der Waals surface area contributed by atoms with Crippen molar-refractivity contribution in [3.63, 3.8) is 0 Å². The van der Waals surface area contributed by atoms with Crippen LogP contribution in [0.15, 0.2) is 59.7 Å².